The predicted octanol–water partition coefficient (Wildman–Crippen LogP) is 2.24. The van der Waals surface area contributed by atoms with Crippen molar-refractivity contribution in [2.45, 2.75) is 12.0 Å². The number of carbonyl (C=O) groups excluding carboxylic acids is 3. The van der Waals surface area contributed by atoms with Gasteiger partial charge in [-0.05, 0) is 42.3 Å². The molecule has 2 aliphatic rings. The van der Waals surface area contributed by atoms with Crippen LogP contribution in [0.3, 0.4) is 0 Å². The Hall–Kier alpha value is -3.46. The molecule has 4 rings (SSSR count). The van der Waals surface area contributed by atoms with Gasteiger partial charge in [0.05, 0.1) is 5.69 Å². The van der Waals surface area contributed by atoms with Gasteiger partial charge < -0.3 is 10.0 Å². The van der Waals surface area contributed by atoms with E-state index in [4.69, 9.17) is 11.6 Å². The van der Waals surface area contributed by atoms with Crippen LogP contribution in [0.5, 0.6) is 0 Å². The molecule has 0 radical (unpaired) electrons. The number of likely N-dealkylation sites (N-methyl/N-ethyl adjacent to an activating group) is 1. The number of urea groups is 1. The number of carbonyl (C=O) groups is 4. The highest BCUT2D eigenvalue weighted by Gasteiger charge is 2.67. The highest BCUT2D eigenvalue weighted by atomic mass is 35.5. The molecular formula is C21H17ClFN3O5. The summed E-state index contributed by atoms with van der Waals surface area (Å²) >= 11 is 6.10. The fraction of sp³-hybridized carbons (Fsp3) is 0.238. The number of rotatable bonds is 5. The predicted molar refractivity (Wildman–Crippen MR) is 108 cm³/mol. The van der Waals surface area contributed by atoms with Crippen molar-refractivity contribution in [1.29, 1.82) is 0 Å². The minimum atomic E-state index is -2.03. The van der Waals surface area contributed by atoms with Gasteiger partial charge in [0.15, 0.2) is 0 Å². The third-order valence-electron chi connectivity index (χ3n) is 5.58. The number of carboxylic acid groups (broad SMARTS) is 1. The first-order chi connectivity index (χ1) is 14.7. The normalized spacial score (nSPS) is 20.2. The summed E-state index contributed by atoms with van der Waals surface area (Å²) in [7, 11) is 1.31. The summed E-state index contributed by atoms with van der Waals surface area (Å²) in [5, 5.41) is 9.48. The number of benzene rings is 2. The lowest BCUT2D eigenvalue weighted by Crippen LogP contribution is -2.53. The Kier molecular flexibility index (Phi) is 4.93. The molecule has 2 aromatic carbocycles. The van der Waals surface area contributed by atoms with E-state index in [0.29, 0.717) is 5.56 Å². The maximum atomic E-state index is 13.5. The molecular weight excluding hydrogens is 429 g/mol. The lowest BCUT2D eigenvalue weighted by Gasteiger charge is -2.27. The molecule has 0 aliphatic carbocycles. The number of hydrogen-bond acceptors (Lipinski definition) is 4. The van der Waals surface area contributed by atoms with Gasteiger partial charge in [-0.1, -0.05) is 23.7 Å². The van der Waals surface area contributed by atoms with E-state index in [-0.39, 0.29) is 29.2 Å². The number of carboxylic acids is 1. The van der Waals surface area contributed by atoms with Gasteiger partial charge in [0.1, 0.15) is 12.4 Å². The van der Waals surface area contributed by atoms with Crippen LogP contribution in [0.4, 0.5) is 14.9 Å². The number of aliphatic carboxylic acids is 1. The number of anilines is 1. The van der Waals surface area contributed by atoms with Crippen LogP contribution in [-0.2, 0) is 26.3 Å². The zero-order valence-electron chi connectivity index (χ0n) is 16.3. The lowest BCUT2D eigenvalue weighted by atomic mass is 9.90. The first-order valence-electron chi connectivity index (χ1n) is 9.36. The monoisotopic (exact) mass is 445 g/mol. The van der Waals surface area contributed by atoms with Crippen LogP contribution in [0.25, 0.3) is 0 Å². The molecule has 0 bridgehead atoms. The summed E-state index contributed by atoms with van der Waals surface area (Å²) in [6, 6.07) is 9.39. The fourth-order valence-electron chi connectivity index (χ4n) is 4.16. The molecule has 0 aromatic heterocycles. The van der Waals surface area contributed by atoms with E-state index in [2.05, 4.69) is 0 Å². The SMILES string of the molecule is CN1C(=O)N(CCc2cccc(F)c2)C(=O)[C@@]12C(=O)N(CC(=O)O)c1ccc(Cl)cc12. The summed E-state index contributed by atoms with van der Waals surface area (Å²) < 4.78 is 13.5. The van der Waals surface area contributed by atoms with Crippen LogP contribution in [0.15, 0.2) is 42.5 Å². The zero-order chi connectivity index (χ0) is 22.5. The number of halogens is 2. The molecule has 1 saturated heterocycles. The number of fused-ring (bicyclic) bond motifs is 2. The molecule has 1 fully saturated rings. The van der Waals surface area contributed by atoms with Crippen LogP contribution in [0.2, 0.25) is 5.02 Å². The van der Waals surface area contributed by atoms with Crippen molar-refractivity contribution in [1.82, 2.24) is 9.80 Å². The standard InChI is InChI=1S/C21H17ClFN3O5/c1-24-20(31)25(8-7-12-3-2-4-14(23)9-12)18(29)21(24)15-10-13(22)5-6-16(15)26(19(21)30)11-17(27)28/h2-6,9-10H,7-8,11H2,1H3,(H,27,28)/t21-/m0/s1. The van der Waals surface area contributed by atoms with Gasteiger partial charge in [-0.15, -0.1) is 0 Å². The third-order valence-corrected chi connectivity index (χ3v) is 5.81. The van der Waals surface area contributed by atoms with Gasteiger partial charge in [0, 0.05) is 24.2 Å². The highest BCUT2D eigenvalue weighted by Crippen LogP contribution is 2.48. The molecule has 31 heavy (non-hydrogen) atoms. The Morgan fingerprint density at radius 1 is 1.10 bits per heavy atom. The molecule has 4 amide bonds. The van der Waals surface area contributed by atoms with Gasteiger partial charge in [0.2, 0.25) is 5.54 Å². The van der Waals surface area contributed by atoms with Gasteiger partial charge in [-0.25, -0.2) is 9.18 Å². The topological polar surface area (TPSA) is 98.2 Å². The van der Waals surface area contributed by atoms with Crippen LogP contribution in [0.1, 0.15) is 11.1 Å². The van der Waals surface area contributed by atoms with Crippen LogP contribution < -0.4 is 4.90 Å². The molecule has 0 unspecified atom stereocenters. The van der Waals surface area contributed by atoms with Gasteiger partial charge in [-0.2, -0.15) is 0 Å². The summed E-state index contributed by atoms with van der Waals surface area (Å²) in [6.45, 7) is -0.747. The first kappa shape index (κ1) is 20.8. The van der Waals surface area contributed by atoms with E-state index >= 15 is 0 Å². The summed E-state index contributed by atoms with van der Waals surface area (Å²) in [6.07, 6.45) is 0.189. The lowest BCUT2D eigenvalue weighted by molar-refractivity contribution is -0.143. The Morgan fingerprint density at radius 3 is 2.48 bits per heavy atom. The molecule has 1 spiro atoms. The van der Waals surface area contributed by atoms with Crippen molar-refractivity contribution in [2.75, 3.05) is 25.0 Å². The number of hydrogen-bond donors (Lipinski definition) is 1. The van der Waals surface area contributed by atoms with Crippen molar-refractivity contribution in [3.63, 3.8) is 0 Å². The van der Waals surface area contributed by atoms with Gasteiger partial charge in [0.25, 0.3) is 11.8 Å². The third kappa shape index (κ3) is 3.04. The summed E-state index contributed by atoms with van der Waals surface area (Å²) in [5.41, 5.74) is -1.09. The molecule has 10 heteroatoms. The minimum absolute atomic E-state index is 0.0741. The van der Waals surface area contributed by atoms with E-state index in [0.717, 1.165) is 14.7 Å². The summed E-state index contributed by atoms with van der Waals surface area (Å²) in [5.74, 6) is -3.34. The first-order valence-corrected chi connectivity index (χ1v) is 9.73. The molecule has 0 saturated carbocycles. The molecule has 160 valence electrons. The van der Waals surface area contributed by atoms with Crippen molar-refractivity contribution < 1.29 is 28.7 Å². The minimum Gasteiger partial charge on any atom is -0.480 e. The van der Waals surface area contributed by atoms with Crippen molar-refractivity contribution in [3.8, 4) is 0 Å². The van der Waals surface area contributed by atoms with Crippen molar-refractivity contribution in [2.24, 2.45) is 0 Å². The van der Waals surface area contributed by atoms with Crippen molar-refractivity contribution >= 4 is 41.1 Å². The van der Waals surface area contributed by atoms with E-state index in [1.165, 1.54) is 43.4 Å². The fourth-order valence-corrected chi connectivity index (χ4v) is 4.33. The molecule has 2 aromatic rings. The molecule has 1 N–H and O–H groups in total. The Labute approximate surface area is 181 Å². The largest absolute Gasteiger partial charge is 0.480 e. The van der Waals surface area contributed by atoms with E-state index < -0.39 is 41.7 Å². The zero-order valence-corrected chi connectivity index (χ0v) is 17.1. The molecule has 8 nitrogen and oxygen atoms in total. The molecule has 2 aliphatic heterocycles. The van der Waals surface area contributed by atoms with Gasteiger partial charge >= 0.3 is 12.0 Å². The number of amides is 4. The molecule has 2 heterocycles. The Balaban J connectivity index is 1.74. The van der Waals surface area contributed by atoms with Crippen LogP contribution >= 0.6 is 11.6 Å². The quantitative estimate of drug-likeness (QED) is 0.562. The van der Waals surface area contributed by atoms with Crippen molar-refractivity contribution in [3.05, 3.63) is 64.4 Å². The molecule has 1 atom stereocenters. The van der Waals surface area contributed by atoms with E-state index in [1.54, 1.807) is 6.07 Å². The average molecular weight is 446 g/mol. The maximum Gasteiger partial charge on any atom is 0.328 e. The average Bonchev–Trinajstić information content (AvgIpc) is 3.05. The summed E-state index contributed by atoms with van der Waals surface area (Å²) in [4.78, 5) is 54.1. The second kappa shape index (κ2) is 7.35. The van der Waals surface area contributed by atoms with E-state index in [1.807, 2.05) is 0 Å². The highest BCUT2D eigenvalue weighted by molar-refractivity contribution is 6.32. The Bertz CT molecular complexity index is 1140. The second-order valence-corrected chi connectivity index (χ2v) is 7.77. The number of imide groups is 1. The Morgan fingerprint density at radius 2 is 1.81 bits per heavy atom. The number of nitrogens with zero attached hydrogens (tertiary/aromatic N) is 3. The second-order valence-electron chi connectivity index (χ2n) is 7.34. The van der Waals surface area contributed by atoms with Gasteiger partial charge in [-0.3, -0.25) is 24.2 Å². The van der Waals surface area contributed by atoms with E-state index in [9.17, 15) is 28.7 Å². The van der Waals surface area contributed by atoms with Crippen LogP contribution in [0, 0.1) is 5.82 Å². The van der Waals surface area contributed by atoms with Crippen LogP contribution in [-0.4, -0.2) is 58.9 Å². The smallest absolute Gasteiger partial charge is 0.328 e. The maximum absolute atomic E-state index is 13.5.